The van der Waals surface area contributed by atoms with Crippen LogP contribution < -0.4 is 5.32 Å². The number of nitrogens with zero attached hydrogens (tertiary/aromatic N) is 3. The molecule has 2 amide bonds. The minimum atomic E-state index is -3.05. The number of likely N-dealkylation sites (N-methyl/N-ethyl adjacent to an activating group) is 1. The van der Waals surface area contributed by atoms with Crippen LogP contribution in [0.2, 0.25) is 0 Å². The first-order valence-electron chi connectivity index (χ1n) is 8.64. The molecule has 0 aliphatic carbocycles. The van der Waals surface area contributed by atoms with Crippen molar-refractivity contribution < 1.29 is 18.0 Å². The molecule has 9 nitrogen and oxygen atoms in total. The van der Waals surface area contributed by atoms with Gasteiger partial charge in [0.15, 0.2) is 9.84 Å². The highest BCUT2D eigenvalue weighted by Gasteiger charge is 2.29. The predicted molar refractivity (Wildman–Crippen MR) is 98.6 cm³/mol. The molecule has 2 heterocycles. The minimum Gasteiger partial charge on any atom is -0.351 e. The molecule has 26 heavy (non-hydrogen) atoms. The predicted octanol–water partition coefficient (Wildman–Crippen LogP) is 0.00110. The van der Waals surface area contributed by atoms with E-state index in [1.807, 2.05) is 6.92 Å². The lowest BCUT2D eigenvalue weighted by Gasteiger charge is -2.21. The molecule has 1 aliphatic heterocycles. The van der Waals surface area contributed by atoms with E-state index < -0.39 is 9.84 Å². The smallest absolute Gasteiger partial charge is 0.239 e. The number of sulfone groups is 1. The molecule has 0 aromatic carbocycles. The third-order valence-electron chi connectivity index (χ3n) is 3.99. The van der Waals surface area contributed by atoms with E-state index in [0.717, 1.165) is 18.7 Å². The zero-order valence-electron chi connectivity index (χ0n) is 15.0. The molecule has 0 saturated carbocycles. The van der Waals surface area contributed by atoms with Gasteiger partial charge in [-0.3, -0.25) is 14.7 Å². The lowest BCUT2D eigenvalue weighted by atomic mass is 10.2. The van der Waals surface area contributed by atoms with Crippen LogP contribution in [0.3, 0.4) is 0 Å². The van der Waals surface area contributed by atoms with Gasteiger partial charge in [-0.25, -0.2) is 13.4 Å². The van der Waals surface area contributed by atoms with Crippen molar-refractivity contribution in [3.63, 3.8) is 0 Å². The number of aromatic amines is 1. The molecule has 0 spiro atoms. The Balaban J connectivity index is 1.79. The lowest BCUT2D eigenvalue weighted by Crippen LogP contribution is -2.45. The molecule has 0 radical (unpaired) electrons. The van der Waals surface area contributed by atoms with Crippen molar-refractivity contribution in [2.45, 2.75) is 44.3 Å². The Morgan fingerprint density at radius 1 is 1.38 bits per heavy atom. The summed E-state index contributed by atoms with van der Waals surface area (Å²) in [6.45, 7) is 4.15. The zero-order valence-corrected chi connectivity index (χ0v) is 16.7. The van der Waals surface area contributed by atoms with Gasteiger partial charge in [0, 0.05) is 19.0 Å². The Kier molecular flexibility index (Phi) is 7.44. The third kappa shape index (κ3) is 6.27. The average Bonchev–Trinajstić information content (AvgIpc) is 3.16. The summed E-state index contributed by atoms with van der Waals surface area (Å²) in [6, 6.07) is -0.360. The van der Waals surface area contributed by atoms with Crippen LogP contribution in [0.4, 0.5) is 0 Å². The maximum Gasteiger partial charge on any atom is 0.239 e. The number of H-pyrrole nitrogens is 1. The number of aromatic nitrogens is 3. The number of aryl methyl sites for hydroxylation is 1. The standard InChI is InChI=1S/C15H25N5O4S2/c1-3-5-12-17-15(19-18-12)25-9-14(22)20(4-2)8-13(21)16-11-6-7-26(23,24)10-11/h11H,3-10H2,1-2H3,(H,16,21)(H,17,18,19). The highest BCUT2D eigenvalue weighted by molar-refractivity contribution is 7.99. The van der Waals surface area contributed by atoms with E-state index in [-0.39, 0.29) is 41.7 Å². The largest absolute Gasteiger partial charge is 0.351 e. The molecule has 0 bridgehead atoms. The van der Waals surface area contributed by atoms with Crippen LogP contribution in [0.25, 0.3) is 0 Å². The maximum atomic E-state index is 12.3. The second-order valence-electron chi connectivity index (χ2n) is 6.18. The van der Waals surface area contributed by atoms with Crippen LogP contribution in [0, 0.1) is 0 Å². The van der Waals surface area contributed by atoms with Crippen LogP contribution >= 0.6 is 11.8 Å². The van der Waals surface area contributed by atoms with Gasteiger partial charge in [-0.2, -0.15) is 0 Å². The maximum absolute atomic E-state index is 12.3. The second kappa shape index (κ2) is 9.36. The molecular formula is C15H25N5O4S2. The molecule has 1 unspecified atom stereocenters. The van der Waals surface area contributed by atoms with E-state index in [9.17, 15) is 18.0 Å². The molecular weight excluding hydrogens is 378 g/mol. The van der Waals surface area contributed by atoms with Crippen LogP contribution in [0.1, 0.15) is 32.5 Å². The summed E-state index contributed by atoms with van der Waals surface area (Å²) in [7, 11) is -3.05. The monoisotopic (exact) mass is 403 g/mol. The number of rotatable bonds is 9. The van der Waals surface area contributed by atoms with Gasteiger partial charge in [0.05, 0.1) is 23.8 Å². The van der Waals surface area contributed by atoms with E-state index >= 15 is 0 Å². The SMILES string of the molecule is CCCc1nc(SCC(=O)N(CC)CC(=O)NC2CCS(=O)(=O)C2)n[nH]1. The Labute approximate surface area is 157 Å². The van der Waals surface area contributed by atoms with E-state index in [4.69, 9.17) is 0 Å². The Morgan fingerprint density at radius 3 is 2.77 bits per heavy atom. The molecule has 146 valence electrons. The number of carbonyl (C=O) groups excluding carboxylic acids is 2. The fourth-order valence-corrected chi connectivity index (χ4v) is 5.03. The van der Waals surface area contributed by atoms with E-state index in [1.54, 1.807) is 6.92 Å². The number of amides is 2. The van der Waals surface area contributed by atoms with Gasteiger partial charge in [-0.15, -0.1) is 5.10 Å². The summed E-state index contributed by atoms with van der Waals surface area (Å²) in [5.41, 5.74) is 0. The first-order valence-corrected chi connectivity index (χ1v) is 11.4. The lowest BCUT2D eigenvalue weighted by molar-refractivity contribution is -0.134. The Morgan fingerprint density at radius 2 is 2.15 bits per heavy atom. The van der Waals surface area contributed by atoms with Crippen molar-refractivity contribution in [1.82, 2.24) is 25.4 Å². The molecule has 1 aliphatic rings. The summed E-state index contributed by atoms with van der Waals surface area (Å²) >= 11 is 1.22. The van der Waals surface area contributed by atoms with E-state index in [0.29, 0.717) is 18.1 Å². The average molecular weight is 404 g/mol. The number of carbonyl (C=O) groups is 2. The molecule has 1 aromatic heterocycles. The van der Waals surface area contributed by atoms with Crippen molar-refractivity contribution in [2.75, 3.05) is 30.3 Å². The Bertz CT molecular complexity index is 734. The van der Waals surface area contributed by atoms with Crippen LogP contribution in [-0.4, -0.2) is 76.7 Å². The summed E-state index contributed by atoms with van der Waals surface area (Å²) < 4.78 is 22.9. The number of hydrogen-bond donors (Lipinski definition) is 2. The molecule has 2 rings (SSSR count). The van der Waals surface area contributed by atoms with Gasteiger partial charge in [0.2, 0.25) is 17.0 Å². The van der Waals surface area contributed by atoms with Gasteiger partial charge in [0.1, 0.15) is 5.82 Å². The van der Waals surface area contributed by atoms with Gasteiger partial charge in [0.25, 0.3) is 0 Å². The zero-order chi connectivity index (χ0) is 19.2. The van der Waals surface area contributed by atoms with Crippen molar-refractivity contribution in [1.29, 1.82) is 0 Å². The van der Waals surface area contributed by atoms with Gasteiger partial charge < -0.3 is 10.2 Å². The highest BCUT2D eigenvalue weighted by atomic mass is 32.2. The third-order valence-corrected chi connectivity index (χ3v) is 6.59. The van der Waals surface area contributed by atoms with Crippen molar-refractivity contribution in [3.8, 4) is 0 Å². The van der Waals surface area contributed by atoms with Crippen molar-refractivity contribution in [2.24, 2.45) is 0 Å². The quantitative estimate of drug-likeness (QED) is 0.556. The van der Waals surface area contributed by atoms with Crippen molar-refractivity contribution >= 4 is 33.4 Å². The number of hydrogen-bond acceptors (Lipinski definition) is 7. The van der Waals surface area contributed by atoms with E-state index in [2.05, 4.69) is 20.5 Å². The first-order chi connectivity index (χ1) is 12.3. The second-order valence-corrected chi connectivity index (χ2v) is 9.35. The fourth-order valence-electron chi connectivity index (χ4n) is 2.64. The van der Waals surface area contributed by atoms with Crippen LogP contribution in [0.5, 0.6) is 0 Å². The molecule has 2 N–H and O–H groups in total. The van der Waals surface area contributed by atoms with Crippen molar-refractivity contribution in [3.05, 3.63) is 5.82 Å². The molecule has 1 saturated heterocycles. The summed E-state index contributed by atoms with van der Waals surface area (Å²) in [6.07, 6.45) is 2.19. The molecule has 11 heteroatoms. The highest BCUT2D eigenvalue weighted by Crippen LogP contribution is 2.14. The van der Waals surface area contributed by atoms with Gasteiger partial charge >= 0.3 is 0 Å². The normalized spacial score (nSPS) is 18.6. The van der Waals surface area contributed by atoms with Gasteiger partial charge in [-0.1, -0.05) is 18.7 Å². The minimum absolute atomic E-state index is 0.0282. The van der Waals surface area contributed by atoms with Crippen LogP contribution in [0.15, 0.2) is 5.16 Å². The summed E-state index contributed by atoms with van der Waals surface area (Å²) in [4.78, 5) is 30.1. The fraction of sp³-hybridized carbons (Fsp3) is 0.733. The van der Waals surface area contributed by atoms with Gasteiger partial charge in [-0.05, 0) is 19.8 Å². The molecule has 1 fully saturated rings. The topological polar surface area (TPSA) is 125 Å². The summed E-state index contributed by atoms with van der Waals surface area (Å²) in [5.74, 6) is 0.480. The van der Waals surface area contributed by atoms with E-state index in [1.165, 1.54) is 16.7 Å². The Hall–Kier alpha value is -1.62. The van der Waals surface area contributed by atoms with Crippen LogP contribution in [-0.2, 0) is 25.8 Å². The molecule has 1 atom stereocenters. The first kappa shape index (κ1) is 20.7. The summed E-state index contributed by atoms with van der Waals surface area (Å²) in [5, 5.41) is 10.1. The number of nitrogens with one attached hydrogen (secondary N) is 2. The number of thioether (sulfide) groups is 1. The molecule has 1 aromatic rings.